The maximum atomic E-state index is 6.97. The zero-order valence-corrected chi connectivity index (χ0v) is 62.3. The monoisotopic (exact) mass is 1410 g/mol. The first-order chi connectivity index (χ1) is 48.3. The van der Waals surface area contributed by atoms with E-state index in [1.54, 1.807) is 22.7 Å². The van der Waals surface area contributed by atoms with Crippen LogP contribution in [0.2, 0.25) is 0 Å². The number of fused-ring (bicyclic) bond motifs is 10. The lowest BCUT2D eigenvalue weighted by molar-refractivity contribution is 0.173. The fourth-order valence-electron chi connectivity index (χ4n) is 16.4. The van der Waals surface area contributed by atoms with Crippen LogP contribution in [0.4, 0.5) is 11.4 Å². The second kappa shape index (κ2) is 28.2. The molecule has 0 unspecified atom stereocenters. The number of unbranched alkanes of at least 4 members (excludes halogenated alkanes) is 12. The number of ether oxygens (including phenoxy) is 4. The van der Waals surface area contributed by atoms with Gasteiger partial charge in [0.15, 0.2) is 23.0 Å². The summed E-state index contributed by atoms with van der Waals surface area (Å²) in [5.74, 6) is 3.03. The molecular formula is C84H86N4O4S6. The third-order valence-electron chi connectivity index (χ3n) is 21.2. The van der Waals surface area contributed by atoms with E-state index >= 15 is 0 Å². The van der Waals surface area contributed by atoms with Gasteiger partial charge in [-0.25, -0.2) is 0 Å². The Kier molecular flexibility index (Phi) is 18.8. The molecule has 8 nitrogen and oxygen atoms in total. The third-order valence-corrected chi connectivity index (χ3v) is 27.0. The molecule has 0 N–H and O–H groups in total. The molecule has 98 heavy (non-hydrogen) atoms. The number of benzene rings is 6. The second-order valence-electron chi connectivity index (χ2n) is 27.6. The van der Waals surface area contributed by atoms with Crippen LogP contribution in [0.1, 0.15) is 207 Å². The average molecular weight is 1410 g/mol. The molecule has 6 aromatic carbocycles. The van der Waals surface area contributed by atoms with Gasteiger partial charge < -0.3 is 18.9 Å². The van der Waals surface area contributed by atoms with E-state index in [1.807, 2.05) is 22.7 Å². The molecule has 5 aromatic heterocycles. The summed E-state index contributed by atoms with van der Waals surface area (Å²) in [7, 11) is 0. The van der Waals surface area contributed by atoms with Crippen molar-refractivity contribution in [2.24, 2.45) is 8.73 Å². The van der Waals surface area contributed by atoms with Gasteiger partial charge in [0, 0.05) is 24.4 Å². The lowest BCUT2D eigenvalue weighted by atomic mass is 9.65. The largest absolute Gasteiger partial charge is 0.485 e. The van der Waals surface area contributed by atoms with E-state index in [0.717, 1.165) is 107 Å². The Morgan fingerprint density at radius 3 is 1.17 bits per heavy atom. The Balaban J connectivity index is 0.927. The molecule has 0 atom stereocenters. The summed E-state index contributed by atoms with van der Waals surface area (Å²) in [6.45, 7) is 15.5. The van der Waals surface area contributed by atoms with Gasteiger partial charge in [-0.2, -0.15) is 17.5 Å². The lowest BCUT2D eigenvalue weighted by Crippen LogP contribution is -2.30. The second-order valence-corrected chi connectivity index (χ2v) is 33.2. The maximum Gasteiger partial charge on any atom is 0.181 e. The molecule has 0 fully saturated rings. The zero-order valence-electron chi connectivity index (χ0n) is 57.4. The summed E-state index contributed by atoms with van der Waals surface area (Å²) >= 11 is 9.68. The molecular weight excluding hydrogens is 1320 g/mol. The van der Waals surface area contributed by atoms with Crippen molar-refractivity contribution in [1.29, 1.82) is 0 Å². The molecule has 16 rings (SSSR count). The Labute approximate surface area is 602 Å². The summed E-state index contributed by atoms with van der Waals surface area (Å²) < 4.78 is 46.9. The van der Waals surface area contributed by atoms with Gasteiger partial charge in [0.05, 0.1) is 59.7 Å². The summed E-state index contributed by atoms with van der Waals surface area (Å²) in [5.41, 5.74) is 22.4. The number of thiophene rings is 4. The number of aromatic nitrogens is 2. The molecule has 0 saturated carbocycles. The summed E-state index contributed by atoms with van der Waals surface area (Å²) in [5, 5.41) is 0. The summed E-state index contributed by atoms with van der Waals surface area (Å²) in [6.07, 6.45) is 24.2. The highest BCUT2D eigenvalue weighted by atomic mass is 32.1. The van der Waals surface area contributed by atoms with Crippen molar-refractivity contribution in [3.8, 4) is 74.5 Å². The molecule has 0 bridgehead atoms. The van der Waals surface area contributed by atoms with Gasteiger partial charge in [-0.15, -0.1) is 45.3 Å². The van der Waals surface area contributed by atoms with E-state index < -0.39 is 10.8 Å². The fourth-order valence-corrected chi connectivity index (χ4v) is 22.3. The van der Waals surface area contributed by atoms with E-state index in [9.17, 15) is 0 Å². The van der Waals surface area contributed by atoms with Crippen molar-refractivity contribution in [3.05, 3.63) is 198 Å². The van der Waals surface area contributed by atoms with E-state index in [4.69, 9.17) is 36.4 Å². The minimum absolute atomic E-state index is 0.422. The Hall–Kier alpha value is -7.04. The van der Waals surface area contributed by atoms with Crippen LogP contribution in [0.3, 0.4) is 0 Å². The number of hydrogen-bond acceptors (Lipinski definition) is 13. The van der Waals surface area contributed by atoms with Crippen LogP contribution in [-0.4, -0.2) is 35.2 Å². The van der Waals surface area contributed by atoms with Crippen molar-refractivity contribution in [2.45, 2.75) is 181 Å². The molecule has 8 heterocycles. The average Bonchev–Trinajstić information content (AvgIpc) is 1.50. The molecule has 0 spiro atoms. The number of rotatable bonds is 27. The molecule has 14 heteroatoms. The fraction of sp³-hybridized carbons (Fsp3) is 0.381. The van der Waals surface area contributed by atoms with E-state index in [0.29, 0.717) is 26.4 Å². The zero-order chi connectivity index (χ0) is 66.5. The predicted octanol–water partition coefficient (Wildman–Crippen LogP) is 25.0. The van der Waals surface area contributed by atoms with Crippen molar-refractivity contribution < 1.29 is 18.9 Å². The Morgan fingerprint density at radius 2 is 0.745 bits per heavy atom. The van der Waals surface area contributed by atoms with Crippen LogP contribution >= 0.6 is 57.1 Å². The summed E-state index contributed by atoms with van der Waals surface area (Å²) in [6, 6.07) is 50.0. The van der Waals surface area contributed by atoms with Gasteiger partial charge in [0.1, 0.15) is 48.8 Å². The molecule has 5 aliphatic rings. The van der Waals surface area contributed by atoms with Gasteiger partial charge in [0.25, 0.3) is 0 Å². The molecule has 2 aliphatic carbocycles. The smallest absolute Gasteiger partial charge is 0.181 e. The first kappa shape index (κ1) is 65.6. The van der Waals surface area contributed by atoms with Crippen LogP contribution in [-0.2, 0) is 47.9 Å². The number of nitrogens with zero attached hydrogens (tertiary/aromatic N) is 4. The van der Waals surface area contributed by atoms with Crippen molar-refractivity contribution in [2.75, 3.05) is 26.4 Å². The van der Waals surface area contributed by atoms with Gasteiger partial charge in [-0.3, -0.25) is 0 Å². The summed E-state index contributed by atoms with van der Waals surface area (Å²) in [4.78, 5) is 9.11. The highest BCUT2D eigenvalue weighted by Gasteiger charge is 2.53. The molecule has 11 aromatic rings. The van der Waals surface area contributed by atoms with E-state index in [-0.39, 0.29) is 0 Å². The van der Waals surface area contributed by atoms with Gasteiger partial charge in [-0.05, 0) is 167 Å². The highest BCUT2D eigenvalue weighted by molar-refractivity contribution is 7.58. The Bertz CT molecular complexity index is 4720. The first-order valence-corrected chi connectivity index (χ1v) is 41.0. The van der Waals surface area contributed by atoms with Crippen molar-refractivity contribution in [3.63, 3.8) is 0 Å². The van der Waals surface area contributed by atoms with Gasteiger partial charge in [0.2, 0.25) is 0 Å². The van der Waals surface area contributed by atoms with Crippen molar-refractivity contribution in [1.82, 2.24) is 8.75 Å². The van der Waals surface area contributed by atoms with Crippen LogP contribution in [0.5, 0.6) is 23.0 Å². The third kappa shape index (κ3) is 11.3. The molecule has 3 aliphatic heterocycles. The molecule has 0 amide bonds. The Morgan fingerprint density at radius 1 is 0.367 bits per heavy atom. The van der Waals surface area contributed by atoms with Crippen LogP contribution in [0, 0.1) is 13.8 Å². The number of hydrogen-bond donors (Lipinski definition) is 0. The quantitative estimate of drug-likeness (QED) is 0.0477. The first-order valence-electron chi connectivity index (χ1n) is 36.3. The minimum atomic E-state index is -0.690. The van der Waals surface area contributed by atoms with Crippen molar-refractivity contribution >= 4 is 90.8 Å². The van der Waals surface area contributed by atoms with Gasteiger partial charge in [-0.1, -0.05) is 202 Å². The van der Waals surface area contributed by atoms with E-state index in [2.05, 4.69) is 163 Å². The molecule has 502 valence electrons. The topological polar surface area (TPSA) is 87.4 Å². The van der Waals surface area contributed by atoms with Crippen LogP contribution in [0.15, 0.2) is 130 Å². The van der Waals surface area contributed by atoms with Crippen LogP contribution in [0.25, 0.3) is 62.6 Å². The predicted molar refractivity (Wildman–Crippen MR) is 414 cm³/mol. The van der Waals surface area contributed by atoms with Crippen LogP contribution < -0.4 is 18.9 Å². The maximum absolute atomic E-state index is 6.97. The normalized spacial score (nSPS) is 14.8. The number of aryl methyl sites for hydroxylation is 6. The highest BCUT2D eigenvalue weighted by Crippen LogP contribution is 2.68. The molecule has 0 saturated heterocycles. The lowest BCUT2D eigenvalue weighted by Gasteiger charge is -2.35. The standard InChI is InChI=1S/C84H86N4O4S6/c1-7-11-15-19-23-53-27-35-57(36-28-53)83(58-37-29-54(30-38-58)24-20-16-12-8-2)63-49-62-64(48-61(63)78-65(83)47-51(5)93-78)84(59-39-31-55(32-40-59)25-21-17-13-9-3,60-41-33-56(34-42-60)26-22-18-14-10-4)66-50-67(95-79(62)66)80-76-77(92-46-45-91-76)82(96-80)69-72-70(85-97-87-72)68(71-73(69)88-98-86-71)81-75-74(52(6)94-81)89-43-44-90-75/h27-42,47-50H,7-26,43-46H2,1-6H3. The van der Waals surface area contributed by atoms with Gasteiger partial charge >= 0.3 is 0 Å². The SMILES string of the molecule is CCCCCCc1ccc(C2(c3ccc(CCCCCC)cc3)c3cc4c(cc3-c3sc(C)cc32)C(c2ccc(CCCCCC)cc2)(c2ccc(CCCCCC)cc2)c2cc(-c3sc(-c5c6c(c(-c7sc(C)c8c7OCCO8)c7nsnc57)N=S=N6)c5c3OCCO5)sc2-4)cc1. The minimum Gasteiger partial charge on any atom is -0.485 e. The van der Waals surface area contributed by atoms with E-state index in [1.165, 1.54) is 218 Å². The molecule has 0 radical (unpaired) electrons.